The molecule has 0 aromatic carbocycles. The second kappa shape index (κ2) is 6.36. The number of aliphatic carboxylic acids is 1. The van der Waals surface area contributed by atoms with E-state index in [1.807, 2.05) is 0 Å². The molecule has 0 aromatic rings. The molecule has 1 rings (SSSR count). The number of hydrogen-bond acceptors (Lipinski definition) is 3. The van der Waals surface area contributed by atoms with Crippen LogP contribution in [0.5, 0.6) is 0 Å². The largest absolute Gasteiger partial charge is 0.480 e. The highest BCUT2D eigenvalue weighted by atomic mass is 16.4. The smallest absolute Gasteiger partial charge is 0.323 e. The Bertz CT molecular complexity index is 248. The SMILES string of the molecule is CN(CCCC(C)(N)C(=O)O)CC1CCCC1. The molecule has 0 amide bonds. The summed E-state index contributed by atoms with van der Waals surface area (Å²) >= 11 is 0. The van der Waals surface area contributed by atoms with Gasteiger partial charge in [0.2, 0.25) is 0 Å². The number of hydrogen-bond donors (Lipinski definition) is 2. The fourth-order valence-corrected chi connectivity index (χ4v) is 2.55. The van der Waals surface area contributed by atoms with Crippen LogP contribution in [0.2, 0.25) is 0 Å². The van der Waals surface area contributed by atoms with Crippen molar-refractivity contribution in [1.82, 2.24) is 4.90 Å². The Morgan fingerprint density at radius 2 is 2.06 bits per heavy atom. The summed E-state index contributed by atoms with van der Waals surface area (Å²) in [6.07, 6.45) is 6.85. The van der Waals surface area contributed by atoms with E-state index in [1.54, 1.807) is 6.92 Å². The van der Waals surface area contributed by atoms with Crippen molar-refractivity contribution in [2.24, 2.45) is 11.7 Å². The van der Waals surface area contributed by atoms with Gasteiger partial charge in [-0.3, -0.25) is 4.79 Å². The highest BCUT2D eigenvalue weighted by Gasteiger charge is 2.27. The summed E-state index contributed by atoms with van der Waals surface area (Å²) in [6.45, 7) is 3.68. The van der Waals surface area contributed by atoms with E-state index >= 15 is 0 Å². The molecule has 0 aromatic heterocycles. The standard InChI is InChI=1S/C13H26N2O2/c1-13(14,12(16)17)8-5-9-15(2)10-11-6-3-4-7-11/h11H,3-10,14H2,1-2H3,(H,16,17). The zero-order chi connectivity index (χ0) is 12.9. The second-order valence-corrected chi connectivity index (χ2v) is 5.74. The molecule has 4 heteroatoms. The van der Waals surface area contributed by atoms with Gasteiger partial charge in [0.1, 0.15) is 5.54 Å². The normalized spacial score (nSPS) is 20.7. The molecule has 17 heavy (non-hydrogen) atoms. The van der Waals surface area contributed by atoms with Crippen molar-refractivity contribution < 1.29 is 9.90 Å². The molecular formula is C13H26N2O2. The molecule has 0 spiro atoms. The molecule has 0 radical (unpaired) electrons. The Balaban J connectivity index is 2.15. The van der Waals surface area contributed by atoms with Gasteiger partial charge in [-0.15, -0.1) is 0 Å². The summed E-state index contributed by atoms with van der Waals surface area (Å²) in [5, 5.41) is 8.90. The van der Waals surface area contributed by atoms with Crippen molar-refractivity contribution in [3.8, 4) is 0 Å². The van der Waals surface area contributed by atoms with E-state index in [-0.39, 0.29) is 0 Å². The lowest BCUT2D eigenvalue weighted by molar-refractivity contribution is -0.142. The van der Waals surface area contributed by atoms with Crippen molar-refractivity contribution in [1.29, 1.82) is 0 Å². The molecule has 0 bridgehead atoms. The van der Waals surface area contributed by atoms with Crippen LogP contribution in [0.15, 0.2) is 0 Å². The molecule has 1 atom stereocenters. The maximum Gasteiger partial charge on any atom is 0.323 e. The molecule has 0 aliphatic heterocycles. The van der Waals surface area contributed by atoms with E-state index < -0.39 is 11.5 Å². The van der Waals surface area contributed by atoms with Gasteiger partial charge >= 0.3 is 5.97 Å². The van der Waals surface area contributed by atoms with Crippen LogP contribution in [0, 0.1) is 5.92 Å². The first-order chi connectivity index (χ1) is 7.92. The van der Waals surface area contributed by atoms with E-state index in [0.717, 1.165) is 25.4 Å². The summed E-state index contributed by atoms with van der Waals surface area (Å²) < 4.78 is 0. The number of carbonyl (C=O) groups is 1. The summed E-state index contributed by atoms with van der Waals surface area (Å²) in [6, 6.07) is 0. The van der Waals surface area contributed by atoms with Crippen LogP contribution in [-0.4, -0.2) is 41.7 Å². The maximum atomic E-state index is 10.8. The zero-order valence-electron chi connectivity index (χ0n) is 11.1. The van der Waals surface area contributed by atoms with Crippen LogP contribution >= 0.6 is 0 Å². The molecule has 1 aliphatic carbocycles. The molecule has 0 heterocycles. The van der Waals surface area contributed by atoms with Gasteiger partial charge in [-0.25, -0.2) is 0 Å². The lowest BCUT2D eigenvalue weighted by Gasteiger charge is -2.23. The van der Waals surface area contributed by atoms with Gasteiger partial charge < -0.3 is 15.7 Å². The fourth-order valence-electron chi connectivity index (χ4n) is 2.55. The summed E-state index contributed by atoms with van der Waals surface area (Å²) in [5.41, 5.74) is 4.62. The first kappa shape index (κ1) is 14.5. The summed E-state index contributed by atoms with van der Waals surface area (Å²) in [7, 11) is 2.12. The van der Waals surface area contributed by atoms with E-state index in [0.29, 0.717) is 6.42 Å². The number of nitrogens with zero attached hydrogens (tertiary/aromatic N) is 1. The lowest BCUT2D eigenvalue weighted by atomic mass is 9.97. The minimum atomic E-state index is -1.08. The van der Waals surface area contributed by atoms with Gasteiger partial charge in [0.15, 0.2) is 0 Å². The van der Waals surface area contributed by atoms with Crippen LogP contribution in [-0.2, 0) is 4.79 Å². The predicted molar refractivity (Wildman–Crippen MR) is 68.9 cm³/mol. The number of carboxylic acids is 1. The third-order valence-corrected chi connectivity index (χ3v) is 3.77. The Morgan fingerprint density at radius 1 is 1.47 bits per heavy atom. The average Bonchev–Trinajstić information content (AvgIpc) is 2.69. The zero-order valence-corrected chi connectivity index (χ0v) is 11.1. The highest BCUT2D eigenvalue weighted by molar-refractivity contribution is 5.77. The molecule has 100 valence electrons. The molecule has 4 nitrogen and oxygen atoms in total. The first-order valence-electron chi connectivity index (χ1n) is 6.62. The molecule has 1 unspecified atom stereocenters. The van der Waals surface area contributed by atoms with Gasteiger partial charge in [0.05, 0.1) is 0 Å². The number of carboxylic acid groups (broad SMARTS) is 1. The molecule has 0 saturated heterocycles. The van der Waals surface area contributed by atoms with Crippen molar-refractivity contribution in [2.45, 2.75) is 51.0 Å². The number of rotatable bonds is 7. The lowest BCUT2D eigenvalue weighted by Crippen LogP contribution is -2.45. The Morgan fingerprint density at radius 3 is 2.59 bits per heavy atom. The van der Waals surface area contributed by atoms with Crippen LogP contribution in [0.3, 0.4) is 0 Å². The maximum absolute atomic E-state index is 10.8. The van der Waals surface area contributed by atoms with Crippen molar-refractivity contribution in [3.63, 3.8) is 0 Å². The van der Waals surface area contributed by atoms with Crippen LogP contribution in [0.4, 0.5) is 0 Å². The van der Waals surface area contributed by atoms with E-state index in [1.165, 1.54) is 25.7 Å². The monoisotopic (exact) mass is 242 g/mol. The molecule has 3 N–H and O–H groups in total. The second-order valence-electron chi connectivity index (χ2n) is 5.74. The quantitative estimate of drug-likeness (QED) is 0.713. The van der Waals surface area contributed by atoms with Crippen LogP contribution in [0.1, 0.15) is 45.4 Å². The number of nitrogens with two attached hydrogens (primary N) is 1. The average molecular weight is 242 g/mol. The van der Waals surface area contributed by atoms with Gasteiger partial charge in [0, 0.05) is 6.54 Å². The molecule has 1 fully saturated rings. The molecule has 1 saturated carbocycles. The first-order valence-corrected chi connectivity index (χ1v) is 6.62. The molecule has 1 aliphatic rings. The third kappa shape index (κ3) is 5.04. The summed E-state index contributed by atoms with van der Waals surface area (Å²) in [4.78, 5) is 13.2. The van der Waals surface area contributed by atoms with E-state index in [2.05, 4.69) is 11.9 Å². The Hall–Kier alpha value is -0.610. The summed E-state index contributed by atoms with van der Waals surface area (Å²) in [5.74, 6) is -0.0559. The predicted octanol–water partition coefficient (Wildman–Crippen LogP) is 1.69. The molecular weight excluding hydrogens is 216 g/mol. The van der Waals surface area contributed by atoms with E-state index in [9.17, 15) is 4.79 Å². The topological polar surface area (TPSA) is 66.6 Å². The minimum absolute atomic E-state index is 0.539. The van der Waals surface area contributed by atoms with E-state index in [4.69, 9.17) is 10.8 Å². The Labute approximate surface area is 104 Å². The van der Waals surface area contributed by atoms with Gasteiger partial charge in [0.25, 0.3) is 0 Å². The van der Waals surface area contributed by atoms with Crippen LogP contribution < -0.4 is 5.73 Å². The van der Waals surface area contributed by atoms with Crippen molar-refractivity contribution in [3.05, 3.63) is 0 Å². The van der Waals surface area contributed by atoms with Crippen LogP contribution in [0.25, 0.3) is 0 Å². The van der Waals surface area contributed by atoms with Crippen molar-refractivity contribution >= 4 is 5.97 Å². The fraction of sp³-hybridized carbons (Fsp3) is 0.923. The van der Waals surface area contributed by atoms with Crippen molar-refractivity contribution in [2.75, 3.05) is 20.1 Å². The Kier molecular flexibility index (Phi) is 5.40. The minimum Gasteiger partial charge on any atom is -0.480 e. The third-order valence-electron chi connectivity index (χ3n) is 3.77. The highest BCUT2D eigenvalue weighted by Crippen LogP contribution is 2.25. The van der Waals surface area contributed by atoms with Gasteiger partial charge in [-0.05, 0) is 52.1 Å². The van der Waals surface area contributed by atoms with Gasteiger partial charge in [-0.1, -0.05) is 12.8 Å². The van der Waals surface area contributed by atoms with Gasteiger partial charge in [-0.2, -0.15) is 0 Å².